The molecule has 1 aromatic rings. The Kier molecular flexibility index (Phi) is 3.82. The van der Waals surface area contributed by atoms with E-state index in [0.717, 1.165) is 18.6 Å². The number of fused-ring (bicyclic) bond motifs is 1. The van der Waals surface area contributed by atoms with Gasteiger partial charge < -0.3 is 5.73 Å². The Labute approximate surface area is 136 Å². The van der Waals surface area contributed by atoms with E-state index in [9.17, 15) is 4.79 Å². The van der Waals surface area contributed by atoms with Crippen LogP contribution in [0.4, 0.5) is 5.69 Å². The second kappa shape index (κ2) is 5.48. The molecule has 2 aliphatic carbocycles. The minimum Gasteiger partial charge on any atom is -0.396 e. The molecule has 1 fully saturated rings. The number of aromatic amines is 1. The number of aromatic nitrogens is 1. The van der Waals surface area contributed by atoms with Crippen molar-refractivity contribution in [3.05, 3.63) is 33.0 Å². The SMILES string of the molecule is Nc1c(Cl)c(Cl)[nH+]c(C(=O)N/N=C2/C[C@H]3C=CC[C@H]23)c1Cl. The van der Waals surface area contributed by atoms with E-state index in [4.69, 9.17) is 40.5 Å². The summed E-state index contributed by atoms with van der Waals surface area (Å²) in [7, 11) is 0. The molecule has 1 amide bonds. The predicted octanol–water partition coefficient (Wildman–Crippen LogP) is 2.72. The number of nitrogens with one attached hydrogen (secondary N) is 2. The van der Waals surface area contributed by atoms with Crippen molar-refractivity contribution in [3.63, 3.8) is 0 Å². The first-order valence-corrected chi connectivity index (χ1v) is 7.51. The van der Waals surface area contributed by atoms with Crippen LogP contribution in [0.2, 0.25) is 15.2 Å². The van der Waals surface area contributed by atoms with Gasteiger partial charge in [-0.3, -0.25) is 4.79 Å². The van der Waals surface area contributed by atoms with Crippen molar-refractivity contribution in [1.82, 2.24) is 5.43 Å². The number of pyridine rings is 1. The van der Waals surface area contributed by atoms with Crippen LogP contribution < -0.4 is 16.1 Å². The number of hydrogen-bond acceptors (Lipinski definition) is 3. The summed E-state index contributed by atoms with van der Waals surface area (Å²) in [6, 6.07) is 0. The van der Waals surface area contributed by atoms with Gasteiger partial charge in [-0.15, -0.1) is 0 Å². The molecule has 0 saturated heterocycles. The van der Waals surface area contributed by atoms with Gasteiger partial charge in [0.2, 0.25) is 0 Å². The molecule has 0 aliphatic heterocycles. The van der Waals surface area contributed by atoms with Gasteiger partial charge >= 0.3 is 5.91 Å². The minimum atomic E-state index is -0.507. The normalized spacial score (nSPS) is 24.8. The number of rotatable bonds is 2. The third-order valence-electron chi connectivity index (χ3n) is 3.81. The number of nitrogen functional groups attached to an aromatic ring is 1. The Morgan fingerprint density at radius 2 is 2.14 bits per heavy atom. The first-order valence-electron chi connectivity index (χ1n) is 6.37. The maximum atomic E-state index is 12.1. The molecule has 5 nitrogen and oxygen atoms in total. The lowest BCUT2D eigenvalue weighted by Crippen LogP contribution is -2.36. The van der Waals surface area contributed by atoms with Gasteiger partial charge in [-0.25, -0.2) is 5.43 Å². The fraction of sp³-hybridized carbons (Fsp3) is 0.308. The Morgan fingerprint density at radius 3 is 2.86 bits per heavy atom. The molecule has 0 unspecified atom stereocenters. The van der Waals surface area contributed by atoms with E-state index in [1.807, 2.05) is 0 Å². The Hall–Kier alpha value is -1.30. The number of carbonyl (C=O) groups excluding carboxylic acids is 1. The monoisotopic (exact) mass is 345 g/mol. The Balaban J connectivity index is 1.76. The molecule has 21 heavy (non-hydrogen) atoms. The summed E-state index contributed by atoms with van der Waals surface area (Å²) in [6.07, 6.45) is 6.19. The summed E-state index contributed by atoms with van der Waals surface area (Å²) in [6.45, 7) is 0. The van der Waals surface area contributed by atoms with Gasteiger partial charge in [-0.2, -0.15) is 10.1 Å². The van der Waals surface area contributed by atoms with Crippen molar-refractivity contribution in [3.8, 4) is 0 Å². The molecule has 0 aromatic carbocycles. The predicted molar refractivity (Wildman–Crippen MR) is 82.7 cm³/mol. The maximum absolute atomic E-state index is 12.1. The molecule has 8 heteroatoms. The molecule has 2 atom stereocenters. The molecule has 110 valence electrons. The van der Waals surface area contributed by atoms with E-state index in [0.29, 0.717) is 11.8 Å². The number of carbonyl (C=O) groups is 1. The second-order valence-corrected chi connectivity index (χ2v) is 6.17. The number of nitrogens with two attached hydrogens (primary N) is 1. The third kappa shape index (κ3) is 2.50. The van der Waals surface area contributed by atoms with Gasteiger partial charge in [0.05, 0.1) is 5.69 Å². The van der Waals surface area contributed by atoms with Crippen LogP contribution in [0, 0.1) is 11.8 Å². The van der Waals surface area contributed by atoms with E-state index >= 15 is 0 Å². The van der Waals surface area contributed by atoms with Gasteiger partial charge in [0.15, 0.2) is 0 Å². The molecule has 0 bridgehead atoms. The van der Waals surface area contributed by atoms with Crippen molar-refractivity contribution in [2.75, 3.05) is 5.73 Å². The molecular weight excluding hydrogens is 335 g/mol. The van der Waals surface area contributed by atoms with Gasteiger partial charge in [0.25, 0.3) is 10.8 Å². The lowest BCUT2D eigenvalue weighted by atomic mass is 9.74. The highest BCUT2D eigenvalue weighted by atomic mass is 35.5. The van der Waals surface area contributed by atoms with Crippen LogP contribution >= 0.6 is 34.8 Å². The van der Waals surface area contributed by atoms with Crippen LogP contribution in [0.3, 0.4) is 0 Å². The number of hydrogen-bond donors (Lipinski definition) is 2. The van der Waals surface area contributed by atoms with Crippen molar-refractivity contribution >= 4 is 52.1 Å². The number of allylic oxidation sites excluding steroid dienone is 2. The van der Waals surface area contributed by atoms with Crippen LogP contribution in [-0.2, 0) is 0 Å². The van der Waals surface area contributed by atoms with Gasteiger partial charge in [0.1, 0.15) is 10.0 Å². The van der Waals surface area contributed by atoms with Gasteiger partial charge in [-0.1, -0.05) is 35.4 Å². The number of halogens is 3. The minimum absolute atomic E-state index is 0.0242. The van der Waals surface area contributed by atoms with E-state index in [1.54, 1.807) is 0 Å². The number of nitrogens with zero attached hydrogens (tertiary/aromatic N) is 1. The summed E-state index contributed by atoms with van der Waals surface area (Å²) in [5.41, 5.74) is 9.25. The molecule has 4 N–H and O–H groups in total. The zero-order chi connectivity index (χ0) is 15.1. The first-order chi connectivity index (χ1) is 9.99. The zero-order valence-corrected chi connectivity index (χ0v) is 13.1. The Morgan fingerprint density at radius 1 is 1.38 bits per heavy atom. The van der Waals surface area contributed by atoms with Gasteiger partial charge in [-0.05, 0) is 30.4 Å². The average Bonchev–Trinajstić information content (AvgIpc) is 2.82. The smallest absolute Gasteiger partial charge is 0.337 e. The molecule has 3 rings (SSSR count). The summed E-state index contributed by atoms with van der Waals surface area (Å²) in [5.74, 6) is 0.479. The second-order valence-electron chi connectivity index (χ2n) is 5.04. The fourth-order valence-electron chi connectivity index (χ4n) is 2.57. The Bertz CT molecular complexity index is 686. The number of anilines is 1. The molecule has 1 saturated carbocycles. The van der Waals surface area contributed by atoms with Crippen molar-refractivity contribution in [2.45, 2.75) is 12.8 Å². The van der Waals surface area contributed by atoms with E-state index in [-0.39, 0.29) is 26.6 Å². The number of H-pyrrole nitrogens is 1. The summed E-state index contributed by atoms with van der Waals surface area (Å²) in [5, 5.41) is 4.32. The lowest BCUT2D eigenvalue weighted by Gasteiger charge is -2.31. The van der Waals surface area contributed by atoms with Gasteiger partial charge in [0, 0.05) is 11.6 Å². The highest BCUT2D eigenvalue weighted by Crippen LogP contribution is 2.40. The van der Waals surface area contributed by atoms with E-state index in [2.05, 4.69) is 27.7 Å². The topological polar surface area (TPSA) is 81.6 Å². The molecule has 1 heterocycles. The number of hydrazone groups is 1. The fourth-order valence-corrected chi connectivity index (χ4v) is 3.18. The van der Waals surface area contributed by atoms with E-state index in [1.165, 1.54) is 0 Å². The maximum Gasteiger partial charge on any atom is 0.337 e. The van der Waals surface area contributed by atoms with Crippen molar-refractivity contribution in [2.24, 2.45) is 16.9 Å². The third-order valence-corrected chi connectivity index (χ3v) is 4.98. The van der Waals surface area contributed by atoms with Crippen LogP contribution in [0.15, 0.2) is 17.3 Å². The highest BCUT2D eigenvalue weighted by molar-refractivity contribution is 6.45. The lowest BCUT2D eigenvalue weighted by molar-refractivity contribution is -0.379. The van der Waals surface area contributed by atoms with Crippen molar-refractivity contribution < 1.29 is 9.78 Å². The standard InChI is InChI=1S/C13H11Cl3N4O/c14-8-10(17)9(15)12(16)18-11(8)13(21)20-19-7-4-5-2-1-3-6(5)7/h1-2,5-6H,3-4H2,(H2,17,18)(H,20,21)/p+1/b19-7-/t5-,6+/m1/s1. The number of amides is 1. The zero-order valence-electron chi connectivity index (χ0n) is 10.8. The molecule has 0 spiro atoms. The summed E-state index contributed by atoms with van der Waals surface area (Å²) < 4.78 is 0. The van der Waals surface area contributed by atoms with E-state index < -0.39 is 5.91 Å². The van der Waals surface area contributed by atoms with Crippen LogP contribution in [0.25, 0.3) is 0 Å². The molecule has 2 aliphatic rings. The summed E-state index contributed by atoms with van der Waals surface area (Å²) >= 11 is 17.7. The average molecular weight is 347 g/mol. The van der Waals surface area contributed by atoms with Crippen LogP contribution in [0.5, 0.6) is 0 Å². The highest BCUT2D eigenvalue weighted by Gasteiger charge is 2.38. The van der Waals surface area contributed by atoms with Crippen molar-refractivity contribution in [1.29, 1.82) is 0 Å². The largest absolute Gasteiger partial charge is 0.396 e. The molecule has 1 aromatic heterocycles. The first kappa shape index (κ1) is 14.6. The van der Waals surface area contributed by atoms with Crippen LogP contribution in [0.1, 0.15) is 23.3 Å². The summed E-state index contributed by atoms with van der Waals surface area (Å²) in [4.78, 5) is 14.7. The molecular formula is C13H12Cl3N4O+. The molecule has 0 radical (unpaired) electrons. The quantitative estimate of drug-likeness (QED) is 0.490. The van der Waals surface area contributed by atoms with Crippen LogP contribution in [-0.4, -0.2) is 11.6 Å².